The van der Waals surface area contributed by atoms with Crippen molar-refractivity contribution in [2.45, 2.75) is 64.2 Å². The summed E-state index contributed by atoms with van der Waals surface area (Å²) in [6, 6.07) is 14.0. The standard InChI is InChI=1S/C28H36N4O5/c1-28(2,3)37-27(34)31-16-13-23(14-17-31)35-21-9-11-22(12-10-21)36-26(33)24-8-5-15-32(24)20-7-4-6-19(18-20)25(29)30/h4,6-7,9-12,18,23-24H,5,8,13-17H2,1-3H3,(H3,29,30)/t24-/m1/s1. The van der Waals surface area contributed by atoms with Gasteiger partial charge in [0.1, 0.15) is 35.1 Å². The van der Waals surface area contributed by atoms with Crippen molar-refractivity contribution >= 4 is 23.6 Å². The Morgan fingerprint density at radius 2 is 1.65 bits per heavy atom. The molecule has 9 heteroatoms. The van der Waals surface area contributed by atoms with Gasteiger partial charge in [-0.05, 0) is 70.0 Å². The molecular weight excluding hydrogens is 472 g/mol. The molecule has 0 bridgehead atoms. The average Bonchev–Trinajstić information content (AvgIpc) is 3.35. The molecule has 3 N–H and O–H groups in total. The number of likely N-dealkylation sites (tertiary alicyclic amines) is 1. The molecule has 2 aliphatic heterocycles. The lowest BCUT2D eigenvalue weighted by atomic mass is 10.1. The van der Waals surface area contributed by atoms with E-state index in [0.29, 0.717) is 36.6 Å². The summed E-state index contributed by atoms with van der Waals surface area (Å²) in [4.78, 5) is 29.0. The number of nitrogens with two attached hydrogens (primary N) is 1. The van der Waals surface area contributed by atoms with E-state index >= 15 is 0 Å². The lowest BCUT2D eigenvalue weighted by Crippen LogP contribution is -2.44. The molecule has 0 aliphatic carbocycles. The van der Waals surface area contributed by atoms with Crippen LogP contribution in [-0.4, -0.2) is 60.2 Å². The number of hydrogen-bond donors (Lipinski definition) is 2. The van der Waals surface area contributed by atoms with Crippen LogP contribution in [0.4, 0.5) is 10.5 Å². The summed E-state index contributed by atoms with van der Waals surface area (Å²) in [5.74, 6) is 0.838. The van der Waals surface area contributed by atoms with Crippen molar-refractivity contribution < 1.29 is 23.8 Å². The van der Waals surface area contributed by atoms with E-state index in [2.05, 4.69) is 0 Å². The van der Waals surface area contributed by atoms with Crippen molar-refractivity contribution in [3.63, 3.8) is 0 Å². The molecule has 1 atom stereocenters. The van der Waals surface area contributed by atoms with E-state index in [1.165, 1.54) is 0 Å². The van der Waals surface area contributed by atoms with Crippen LogP contribution in [0.15, 0.2) is 48.5 Å². The number of nitrogens with zero attached hydrogens (tertiary/aromatic N) is 2. The number of anilines is 1. The molecule has 0 aromatic heterocycles. The third-order valence-corrected chi connectivity index (χ3v) is 6.45. The maximum absolute atomic E-state index is 13.0. The molecule has 2 heterocycles. The van der Waals surface area contributed by atoms with Crippen LogP contribution in [0.5, 0.6) is 11.5 Å². The minimum absolute atomic E-state index is 0.00363. The summed E-state index contributed by atoms with van der Waals surface area (Å²) < 4.78 is 17.2. The van der Waals surface area contributed by atoms with Crippen molar-refractivity contribution in [2.75, 3.05) is 24.5 Å². The predicted octanol–water partition coefficient (Wildman–Crippen LogP) is 4.32. The summed E-state index contributed by atoms with van der Waals surface area (Å²) in [6.07, 6.45) is 2.74. The molecule has 198 valence electrons. The minimum Gasteiger partial charge on any atom is -0.490 e. The highest BCUT2D eigenvalue weighted by Crippen LogP contribution is 2.28. The van der Waals surface area contributed by atoms with E-state index in [-0.39, 0.29) is 24.0 Å². The highest BCUT2D eigenvalue weighted by atomic mass is 16.6. The molecular formula is C28H36N4O5. The zero-order valence-corrected chi connectivity index (χ0v) is 21.7. The second-order valence-electron chi connectivity index (χ2n) is 10.5. The summed E-state index contributed by atoms with van der Waals surface area (Å²) in [7, 11) is 0. The van der Waals surface area contributed by atoms with Crippen molar-refractivity contribution in [1.29, 1.82) is 5.41 Å². The quantitative estimate of drug-likeness (QED) is 0.258. The Morgan fingerprint density at radius 3 is 2.30 bits per heavy atom. The third kappa shape index (κ3) is 6.93. The first-order valence-corrected chi connectivity index (χ1v) is 12.8. The van der Waals surface area contributed by atoms with Gasteiger partial charge in [-0.1, -0.05) is 12.1 Å². The largest absolute Gasteiger partial charge is 0.490 e. The summed E-state index contributed by atoms with van der Waals surface area (Å²) in [5.41, 5.74) is 6.60. The fourth-order valence-corrected chi connectivity index (χ4v) is 4.62. The van der Waals surface area contributed by atoms with Gasteiger partial charge >= 0.3 is 12.1 Å². The predicted molar refractivity (Wildman–Crippen MR) is 141 cm³/mol. The molecule has 2 fully saturated rings. The Morgan fingerprint density at radius 1 is 0.973 bits per heavy atom. The van der Waals surface area contributed by atoms with Crippen molar-refractivity contribution in [3.05, 3.63) is 54.1 Å². The second-order valence-corrected chi connectivity index (χ2v) is 10.5. The monoisotopic (exact) mass is 508 g/mol. The SMILES string of the molecule is CC(C)(C)OC(=O)N1CCC(Oc2ccc(OC(=O)[C@H]3CCCN3c3cccc(C(=N)N)c3)cc2)CC1. The average molecular weight is 509 g/mol. The number of nitrogens with one attached hydrogen (secondary N) is 1. The van der Waals surface area contributed by atoms with E-state index in [1.54, 1.807) is 35.2 Å². The number of amides is 1. The molecule has 0 spiro atoms. The minimum atomic E-state index is -0.508. The Labute approximate surface area is 218 Å². The van der Waals surface area contributed by atoms with E-state index in [0.717, 1.165) is 31.5 Å². The molecule has 2 aromatic carbocycles. The maximum Gasteiger partial charge on any atom is 0.410 e. The first kappa shape index (κ1) is 26.3. The number of piperidine rings is 1. The van der Waals surface area contributed by atoms with Gasteiger partial charge in [-0.25, -0.2) is 9.59 Å². The smallest absolute Gasteiger partial charge is 0.410 e. The Hall–Kier alpha value is -3.75. The fourth-order valence-electron chi connectivity index (χ4n) is 4.62. The molecule has 2 saturated heterocycles. The number of carbonyl (C=O) groups excluding carboxylic acids is 2. The summed E-state index contributed by atoms with van der Waals surface area (Å²) in [6.45, 7) is 7.49. The third-order valence-electron chi connectivity index (χ3n) is 6.45. The lowest BCUT2D eigenvalue weighted by molar-refractivity contribution is -0.135. The van der Waals surface area contributed by atoms with Crippen LogP contribution in [0.2, 0.25) is 0 Å². The number of nitrogen functional groups attached to an aromatic ring is 1. The summed E-state index contributed by atoms with van der Waals surface area (Å²) in [5, 5.41) is 7.68. The second kappa shape index (κ2) is 11.1. The van der Waals surface area contributed by atoms with E-state index < -0.39 is 11.6 Å². The number of benzene rings is 2. The fraction of sp³-hybridized carbons (Fsp3) is 0.464. The molecule has 4 rings (SSSR count). The number of esters is 1. The zero-order valence-electron chi connectivity index (χ0n) is 21.7. The highest BCUT2D eigenvalue weighted by molar-refractivity contribution is 5.96. The van der Waals surface area contributed by atoms with Crippen LogP contribution < -0.4 is 20.1 Å². The van der Waals surface area contributed by atoms with Gasteiger partial charge in [-0.3, -0.25) is 5.41 Å². The van der Waals surface area contributed by atoms with Crippen LogP contribution in [0.3, 0.4) is 0 Å². The van der Waals surface area contributed by atoms with Crippen molar-refractivity contribution in [3.8, 4) is 11.5 Å². The first-order valence-electron chi connectivity index (χ1n) is 12.8. The Balaban J connectivity index is 1.29. The Bertz CT molecular complexity index is 1120. The summed E-state index contributed by atoms with van der Waals surface area (Å²) >= 11 is 0. The van der Waals surface area contributed by atoms with Gasteiger partial charge in [0.25, 0.3) is 0 Å². The van der Waals surface area contributed by atoms with E-state index in [9.17, 15) is 9.59 Å². The molecule has 1 amide bonds. The van der Waals surface area contributed by atoms with Gasteiger partial charge in [-0.2, -0.15) is 0 Å². The van der Waals surface area contributed by atoms with Gasteiger partial charge in [0.2, 0.25) is 0 Å². The van der Waals surface area contributed by atoms with Crippen LogP contribution >= 0.6 is 0 Å². The normalized spacial score (nSPS) is 18.4. The zero-order chi connectivity index (χ0) is 26.6. The van der Waals surface area contributed by atoms with Crippen molar-refractivity contribution in [2.24, 2.45) is 5.73 Å². The van der Waals surface area contributed by atoms with Gasteiger partial charge < -0.3 is 29.7 Å². The topological polar surface area (TPSA) is 118 Å². The molecule has 2 aromatic rings. The number of ether oxygens (including phenoxy) is 3. The van der Waals surface area contributed by atoms with E-state index in [4.69, 9.17) is 25.4 Å². The lowest BCUT2D eigenvalue weighted by Gasteiger charge is -2.33. The van der Waals surface area contributed by atoms with Gasteiger partial charge in [0.05, 0.1) is 0 Å². The Kier molecular flexibility index (Phi) is 7.90. The van der Waals surface area contributed by atoms with E-state index in [1.807, 2.05) is 43.9 Å². The maximum atomic E-state index is 13.0. The highest BCUT2D eigenvalue weighted by Gasteiger charge is 2.33. The van der Waals surface area contributed by atoms with Gasteiger partial charge in [-0.15, -0.1) is 0 Å². The van der Waals surface area contributed by atoms with Gasteiger partial charge in [0.15, 0.2) is 0 Å². The molecule has 2 aliphatic rings. The number of hydrogen-bond acceptors (Lipinski definition) is 7. The van der Waals surface area contributed by atoms with Crippen LogP contribution in [-0.2, 0) is 9.53 Å². The molecule has 0 radical (unpaired) electrons. The molecule has 0 unspecified atom stereocenters. The van der Waals surface area contributed by atoms with Gasteiger partial charge in [0, 0.05) is 43.7 Å². The van der Waals surface area contributed by atoms with Crippen LogP contribution in [0.25, 0.3) is 0 Å². The number of carbonyl (C=O) groups is 2. The first-order chi connectivity index (χ1) is 17.6. The molecule has 9 nitrogen and oxygen atoms in total. The van der Waals surface area contributed by atoms with Crippen LogP contribution in [0.1, 0.15) is 52.0 Å². The number of amidine groups is 1. The number of rotatable bonds is 6. The van der Waals surface area contributed by atoms with Crippen LogP contribution in [0, 0.1) is 5.41 Å². The molecule has 37 heavy (non-hydrogen) atoms. The molecule has 0 saturated carbocycles. The van der Waals surface area contributed by atoms with Crippen molar-refractivity contribution in [1.82, 2.24) is 4.90 Å².